The van der Waals surface area contributed by atoms with E-state index in [0.717, 1.165) is 0 Å². The van der Waals surface area contributed by atoms with Crippen molar-refractivity contribution in [1.82, 2.24) is 15.3 Å². The summed E-state index contributed by atoms with van der Waals surface area (Å²) in [5.74, 6) is 0.523. The van der Waals surface area contributed by atoms with Crippen LogP contribution in [0.15, 0.2) is 12.4 Å². The van der Waals surface area contributed by atoms with Crippen molar-refractivity contribution in [2.45, 2.75) is 33.2 Å². The number of hydrogen-bond donors (Lipinski definition) is 1. The molecule has 0 unspecified atom stereocenters. The predicted octanol–water partition coefficient (Wildman–Crippen LogP) is 1.31. The third-order valence-electron chi connectivity index (χ3n) is 1.53. The largest absolute Gasteiger partial charge is 0.347 e. The van der Waals surface area contributed by atoms with Crippen molar-refractivity contribution in [2.24, 2.45) is 0 Å². The first-order valence-electron chi connectivity index (χ1n) is 4.50. The van der Waals surface area contributed by atoms with Crippen molar-refractivity contribution >= 4 is 5.91 Å². The number of carbonyl (C=O) groups is 1. The van der Waals surface area contributed by atoms with Gasteiger partial charge in [0.25, 0.3) is 5.91 Å². The van der Waals surface area contributed by atoms with Gasteiger partial charge in [0.2, 0.25) is 0 Å². The molecule has 0 aromatic carbocycles. The maximum Gasteiger partial charge on any atom is 0.254 e. The summed E-state index contributed by atoms with van der Waals surface area (Å²) in [5, 5.41) is 2.84. The molecule has 0 atom stereocenters. The molecule has 0 spiro atoms. The Balaban J connectivity index is 2.76. The molecule has 0 aliphatic rings. The van der Waals surface area contributed by atoms with Crippen LogP contribution in [0.4, 0.5) is 0 Å². The maximum absolute atomic E-state index is 11.6. The van der Waals surface area contributed by atoms with Crippen molar-refractivity contribution in [1.29, 1.82) is 0 Å². The van der Waals surface area contributed by atoms with Gasteiger partial charge in [-0.15, -0.1) is 0 Å². The van der Waals surface area contributed by atoms with Crippen LogP contribution in [0, 0.1) is 6.92 Å². The van der Waals surface area contributed by atoms with Crippen LogP contribution in [-0.2, 0) is 0 Å². The molecule has 1 aromatic heterocycles. The highest BCUT2D eigenvalue weighted by Gasteiger charge is 2.15. The van der Waals surface area contributed by atoms with E-state index in [1.165, 1.54) is 12.4 Å². The third-order valence-corrected chi connectivity index (χ3v) is 1.53. The molecule has 0 aliphatic carbocycles. The minimum Gasteiger partial charge on any atom is -0.347 e. The minimum absolute atomic E-state index is 0.141. The van der Waals surface area contributed by atoms with Crippen molar-refractivity contribution < 1.29 is 4.79 Å². The van der Waals surface area contributed by atoms with Crippen molar-refractivity contribution in [3.05, 3.63) is 23.8 Å². The first-order chi connectivity index (χ1) is 6.38. The SMILES string of the molecule is Cc1ncc(C(=O)NC(C)(C)C)cn1. The molecule has 0 aliphatic heterocycles. The number of nitrogens with zero attached hydrogens (tertiary/aromatic N) is 2. The number of carbonyl (C=O) groups excluding carboxylic acids is 1. The second-order valence-electron chi connectivity index (χ2n) is 4.22. The summed E-state index contributed by atoms with van der Waals surface area (Å²) < 4.78 is 0. The lowest BCUT2D eigenvalue weighted by Gasteiger charge is -2.20. The van der Waals surface area contributed by atoms with E-state index in [0.29, 0.717) is 11.4 Å². The van der Waals surface area contributed by atoms with E-state index >= 15 is 0 Å². The normalized spacial score (nSPS) is 11.1. The van der Waals surface area contributed by atoms with Gasteiger partial charge in [-0.1, -0.05) is 0 Å². The van der Waals surface area contributed by atoms with E-state index in [1.807, 2.05) is 20.8 Å². The molecule has 1 rings (SSSR count). The summed E-state index contributed by atoms with van der Waals surface area (Å²) in [6, 6.07) is 0. The smallest absolute Gasteiger partial charge is 0.254 e. The number of rotatable bonds is 1. The number of nitrogens with one attached hydrogen (secondary N) is 1. The van der Waals surface area contributed by atoms with Crippen LogP contribution < -0.4 is 5.32 Å². The zero-order chi connectivity index (χ0) is 10.8. The van der Waals surface area contributed by atoms with Crippen LogP contribution >= 0.6 is 0 Å². The molecule has 1 N–H and O–H groups in total. The fourth-order valence-electron chi connectivity index (χ4n) is 0.923. The third kappa shape index (κ3) is 3.12. The molecule has 0 radical (unpaired) electrons. The van der Waals surface area contributed by atoms with Gasteiger partial charge in [-0.2, -0.15) is 0 Å². The minimum atomic E-state index is -0.234. The van der Waals surface area contributed by atoms with Gasteiger partial charge in [-0.25, -0.2) is 9.97 Å². The second-order valence-corrected chi connectivity index (χ2v) is 4.22. The Kier molecular flexibility index (Phi) is 2.84. The van der Waals surface area contributed by atoms with Crippen molar-refractivity contribution in [3.8, 4) is 0 Å². The molecule has 76 valence electrons. The Morgan fingerprint density at radius 1 is 1.29 bits per heavy atom. The average Bonchev–Trinajstić information content (AvgIpc) is 2.02. The summed E-state index contributed by atoms with van der Waals surface area (Å²) in [7, 11) is 0. The fourth-order valence-corrected chi connectivity index (χ4v) is 0.923. The average molecular weight is 193 g/mol. The fraction of sp³-hybridized carbons (Fsp3) is 0.500. The number of hydrogen-bond acceptors (Lipinski definition) is 3. The molecule has 1 heterocycles. The summed E-state index contributed by atoms with van der Waals surface area (Å²) in [5.41, 5.74) is 0.257. The van der Waals surface area contributed by atoms with Crippen molar-refractivity contribution in [2.75, 3.05) is 0 Å². The highest BCUT2D eigenvalue weighted by atomic mass is 16.1. The molecule has 0 saturated carbocycles. The van der Waals surface area contributed by atoms with E-state index in [4.69, 9.17) is 0 Å². The molecule has 0 fully saturated rings. The van der Waals surface area contributed by atoms with Crippen LogP contribution in [0.3, 0.4) is 0 Å². The predicted molar refractivity (Wildman–Crippen MR) is 54.0 cm³/mol. The standard InChI is InChI=1S/C10H15N3O/c1-7-11-5-8(6-12-7)9(14)13-10(2,3)4/h5-6H,1-4H3,(H,13,14). The Morgan fingerprint density at radius 3 is 2.21 bits per heavy atom. The van der Waals surface area contributed by atoms with E-state index in [9.17, 15) is 4.79 Å². The lowest BCUT2D eigenvalue weighted by molar-refractivity contribution is 0.0919. The highest BCUT2D eigenvalue weighted by Crippen LogP contribution is 2.02. The molecule has 0 saturated heterocycles. The molecular formula is C10H15N3O. The summed E-state index contributed by atoms with van der Waals surface area (Å²) in [4.78, 5) is 19.5. The second kappa shape index (κ2) is 3.74. The van der Waals surface area contributed by atoms with E-state index in [2.05, 4.69) is 15.3 Å². The first kappa shape index (κ1) is 10.6. The zero-order valence-corrected chi connectivity index (χ0v) is 8.96. The van der Waals surface area contributed by atoms with Crippen molar-refractivity contribution in [3.63, 3.8) is 0 Å². The van der Waals surface area contributed by atoms with Crippen LogP contribution in [0.25, 0.3) is 0 Å². The number of aryl methyl sites for hydroxylation is 1. The van der Waals surface area contributed by atoms with Gasteiger partial charge < -0.3 is 5.32 Å². The molecule has 1 amide bonds. The van der Waals surface area contributed by atoms with E-state index < -0.39 is 0 Å². The number of amides is 1. The maximum atomic E-state index is 11.6. The highest BCUT2D eigenvalue weighted by molar-refractivity contribution is 5.93. The van der Waals surface area contributed by atoms with Gasteiger partial charge in [0, 0.05) is 17.9 Å². The van der Waals surface area contributed by atoms with Gasteiger partial charge in [-0.05, 0) is 27.7 Å². The Morgan fingerprint density at radius 2 is 1.79 bits per heavy atom. The quantitative estimate of drug-likeness (QED) is 0.731. The summed E-state index contributed by atoms with van der Waals surface area (Å²) >= 11 is 0. The van der Waals surface area contributed by atoms with Crippen LogP contribution in [0.5, 0.6) is 0 Å². The van der Waals surface area contributed by atoms with Crippen LogP contribution in [-0.4, -0.2) is 21.4 Å². The first-order valence-corrected chi connectivity index (χ1v) is 4.50. The monoisotopic (exact) mass is 193 g/mol. The molecular weight excluding hydrogens is 178 g/mol. The van der Waals surface area contributed by atoms with E-state index in [-0.39, 0.29) is 11.4 Å². The topological polar surface area (TPSA) is 54.9 Å². The Labute approximate surface area is 83.8 Å². The molecule has 4 heteroatoms. The lowest BCUT2D eigenvalue weighted by atomic mass is 10.1. The Hall–Kier alpha value is -1.45. The lowest BCUT2D eigenvalue weighted by Crippen LogP contribution is -2.40. The number of aromatic nitrogens is 2. The molecule has 14 heavy (non-hydrogen) atoms. The van der Waals surface area contributed by atoms with Gasteiger partial charge in [0.15, 0.2) is 0 Å². The van der Waals surface area contributed by atoms with Crippen LogP contribution in [0.1, 0.15) is 37.0 Å². The van der Waals surface area contributed by atoms with Gasteiger partial charge in [0.1, 0.15) is 5.82 Å². The van der Waals surface area contributed by atoms with Gasteiger partial charge >= 0.3 is 0 Å². The van der Waals surface area contributed by atoms with Crippen LogP contribution in [0.2, 0.25) is 0 Å². The zero-order valence-electron chi connectivity index (χ0n) is 8.96. The summed E-state index contributed by atoms with van der Waals surface area (Å²) in [6.45, 7) is 7.57. The molecule has 4 nitrogen and oxygen atoms in total. The summed E-state index contributed by atoms with van der Waals surface area (Å²) in [6.07, 6.45) is 3.06. The molecule has 0 bridgehead atoms. The van der Waals surface area contributed by atoms with E-state index in [1.54, 1.807) is 6.92 Å². The Bertz CT molecular complexity index is 324. The van der Waals surface area contributed by atoms with Gasteiger partial charge in [-0.3, -0.25) is 4.79 Å². The van der Waals surface area contributed by atoms with Gasteiger partial charge in [0.05, 0.1) is 5.56 Å². The molecule has 1 aromatic rings.